The highest BCUT2D eigenvalue weighted by molar-refractivity contribution is 6.30. The number of carbonyl (C=O) groups excluding carboxylic acids is 1. The summed E-state index contributed by atoms with van der Waals surface area (Å²) in [6.45, 7) is 4.11. The number of nitrogens with two attached hydrogens (primary N) is 1. The number of rotatable bonds is 8. The second-order valence-corrected chi connectivity index (χ2v) is 9.88. The van der Waals surface area contributed by atoms with Crippen molar-refractivity contribution in [3.8, 4) is 17.1 Å². The molecule has 4 heterocycles. The van der Waals surface area contributed by atoms with E-state index in [0.29, 0.717) is 41.8 Å². The van der Waals surface area contributed by atoms with Gasteiger partial charge in [-0.25, -0.2) is 4.39 Å². The van der Waals surface area contributed by atoms with Crippen molar-refractivity contribution in [3.05, 3.63) is 59.1 Å². The van der Waals surface area contributed by atoms with Crippen molar-refractivity contribution in [2.75, 3.05) is 51.8 Å². The molecule has 1 aromatic carbocycles. The van der Waals surface area contributed by atoms with Gasteiger partial charge in [-0.3, -0.25) is 14.7 Å². The monoisotopic (exact) mass is 541 g/mol. The average Bonchev–Trinajstić information content (AvgIpc) is 3.08. The van der Waals surface area contributed by atoms with E-state index in [1.807, 2.05) is 0 Å². The molecule has 0 radical (unpaired) electrons. The number of ether oxygens (including phenoxy) is 2. The molecular weight excluding hydrogens is 513 g/mol. The Balaban J connectivity index is 1.46. The molecule has 2 aliphatic heterocycles. The summed E-state index contributed by atoms with van der Waals surface area (Å²) in [7, 11) is 2.06. The molecule has 2 fully saturated rings. The predicted molar refractivity (Wildman–Crippen MR) is 141 cm³/mol. The highest BCUT2D eigenvalue weighted by atomic mass is 35.5. The summed E-state index contributed by atoms with van der Waals surface area (Å²) >= 11 is 6.10. The maximum atomic E-state index is 14.6. The molecule has 2 aromatic heterocycles. The fraction of sp³-hybridized carbons (Fsp3) is 0.385. The minimum atomic E-state index is -0.669. The van der Waals surface area contributed by atoms with E-state index >= 15 is 0 Å². The molecule has 0 bridgehead atoms. The van der Waals surface area contributed by atoms with Crippen molar-refractivity contribution in [2.45, 2.75) is 18.6 Å². The third kappa shape index (κ3) is 6.02. The van der Waals surface area contributed by atoms with Crippen LogP contribution in [0.25, 0.3) is 11.3 Å². The first-order valence-corrected chi connectivity index (χ1v) is 12.8. The van der Waals surface area contributed by atoms with Crippen LogP contribution in [-0.4, -0.2) is 83.4 Å². The van der Waals surface area contributed by atoms with E-state index in [1.54, 1.807) is 24.4 Å². The number of hydrogen-bond donors (Lipinski definition) is 2. The van der Waals surface area contributed by atoms with Crippen molar-refractivity contribution >= 4 is 28.9 Å². The van der Waals surface area contributed by atoms with Crippen molar-refractivity contribution in [3.63, 3.8) is 0 Å². The zero-order valence-electron chi connectivity index (χ0n) is 20.9. The largest absolute Gasteiger partial charge is 0.467 e. The van der Waals surface area contributed by atoms with E-state index in [4.69, 9.17) is 26.8 Å². The molecule has 0 spiro atoms. The molecule has 200 valence electrons. The van der Waals surface area contributed by atoms with Crippen molar-refractivity contribution in [2.24, 2.45) is 5.73 Å². The second kappa shape index (κ2) is 11.6. The number of primary amides is 1. The van der Waals surface area contributed by atoms with Crippen LogP contribution in [-0.2, 0) is 9.53 Å². The number of nitrogens with one attached hydrogen (secondary N) is 1. The number of halogens is 2. The molecule has 2 aliphatic rings. The van der Waals surface area contributed by atoms with Crippen molar-refractivity contribution in [1.29, 1.82) is 0 Å². The van der Waals surface area contributed by atoms with Crippen LogP contribution in [0.5, 0.6) is 5.88 Å². The summed E-state index contributed by atoms with van der Waals surface area (Å²) in [4.78, 5) is 21.3. The molecule has 38 heavy (non-hydrogen) atoms. The van der Waals surface area contributed by atoms with Crippen LogP contribution in [0.3, 0.4) is 0 Å². The van der Waals surface area contributed by atoms with Gasteiger partial charge in [-0.15, -0.1) is 10.2 Å². The number of likely N-dealkylation sites (N-methyl/N-ethyl adjacent to an activating group) is 1. The van der Waals surface area contributed by atoms with E-state index in [2.05, 4.69) is 37.3 Å². The fourth-order valence-electron chi connectivity index (χ4n) is 4.49. The Kier molecular flexibility index (Phi) is 7.98. The van der Waals surface area contributed by atoms with Gasteiger partial charge in [0, 0.05) is 42.1 Å². The molecule has 5 rings (SSSR count). The maximum Gasteiger partial charge on any atom is 0.257 e. The molecule has 12 heteroatoms. The summed E-state index contributed by atoms with van der Waals surface area (Å²) in [5, 5.41) is 12.0. The Morgan fingerprint density at radius 2 is 2.03 bits per heavy atom. The Bertz CT molecular complexity index is 1310. The van der Waals surface area contributed by atoms with Crippen LogP contribution in [0.4, 0.5) is 15.8 Å². The Hall–Kier alpha value is -3.38. The van der Waals surface area contributed by atoms with E-state index in [1.165, 1.54) is 18.2 Å². The average molecular weight is 542 g/mol. The van der Waals surface area contributed by atoms with Crippen LogP contribution >= 0.6 is 11.6 Å². The molecule has 10 nitrogen and oxygen atoms in total. The summed E-state index contributed by atoms with van der Waals surface area (Å²) < 4.78 is 25.7. The van der Waals surface area contributed by atoms with Crippen LogP contribution < -0.4 is 15.8 Å². The van der Waals surface area contributed by atoms with Crippen LogP contribution in [0.1, 0.15) is 18.2 Å². The van der Waals surface area contributed by atoms with Gasteiger partial charge in [0.25, 0.3) is 5.88 Å². The highest BCUT2D eigenvalue weighted by Gasteiger charge is 2.29. The minimum Gasteiger partial charge on any atom is -0.467 e. The quantitative estimate of drug-likeness (QED) is 0.443. The first-order valence-electron chi connectivity index (χ1n) is 12.4. The topological polar surface area (TPSA) is 119 Å². The van der Waals surface area contributed by atoms with Gasteiger partial charge in [-0.05, 0) is 56.4 Å². The molecule has 1 atom stereocenters. The minimum absolute atomic E-state index is 0.160. The zero-order valence-corrected chi connectivity index (χ0v) is 21.7. The Morgan fingerprint density at radius 3 is 2.79 bits per heavy atom. The van der Waals surface area contributed by atoms with Crippen molar-refractivity contribution in [1.82, 2.24) is 25.0 Å². The van der Waals surface area contributed by atoms with E-state index in [9.17, 15) is 9.18 Å². The highest BCUT2D eigenvalue weighted by Crippen LogP contribution is 2.33. The van der Waals surface area contributed by atoms with Gasteiger partial charge >= 0.3 is 0 Å². The number of anilines is 2. The smallest absolute Gasteiger partial charge is 0.257 e. The first-order chi connectivity index (χ1) is 18.4. The van der Waals surface area contributed by atoms with Crippen LogP contribution in [0.2, 0.25) is 5.02 Å². The van der Waals surface area contributed by atoms with Gasteiger partial charge in [0.1, 0.15) is 23.7 Å². The maximum absolute atomic E-state index is 14.6. The van der Waals surface area contributed by atoms with Gasteiger partial charge in [0.05, 0.1) is 24.6 Å². The van der Waals surface area contributed by atoms with Crippen molar-refractivity contribution < 1.29 is 18.7 Å². The lowest BCUT2D eigenvalue weighted by Crippen LogP contribution is -2.40. The lowest BCUT2D eigenvalue weighted by atomic mass is 10.1. The standard InChI is InChI=1S/C26H29ClFN7O3/c1-34-7-2-8-35(10-9-34)24(25(29)36)22-12-17(5-6-30-22)31-23-13-21(19-11-16(27)3-4-20(19)28)32-33-26(23)38-18-14-37-15-18/h3-6,11-13,18,24H,2,7-10,14-15H2,1H3,(H2,29,36)(H,30,31,32). The fourth-order valence-corrected chi connectivity index (χ4v) is 4.66. The number of pyridine rings is 1. The number of benzene rings is 1. The normalized spacial score (nSPS) is 17.9. The lowest BCUT2D eigenvalue weighted by Gasteiger charge is -2.28. The number of carbonyl (C=O) groups is 1. The number of hydrogen-bond acceptors (Lipinski definition) is 9. The Labute approximate surface area is 224 Å². The molecule has 1 unspecified atom stereocenters. The Morgan fingerprint density at radius 1 is 1.18 bits per heavy atom. The lowest BCUT2D eigenvalue weighted by molar-refractivity contribution is -0.123. The third-order valence-corrected chi connectivity index (χ3v) is 6.81. The molecule has 3 N–H and O–H groups in total. The molecule has 0 aliphatic carbocycles. The molecule has 3 aromatic rings. The summed E-state index contributed by atoms with van der Waals surface area (Å²) in [6.07, 6.45) is 2.38. The molecular formula is C26H29ClFN7O3. The van der Waals surface area contributed by atoms with Gasteiger partial charge in [0.15, 0.2) is 0 Å². The van der Waals surface area contributed by atoms with Gasteiger partial charge in [-0.1, -0.05) is 11.6 Å². The number of nitrogens with zero attached hydrogens (tertiary/aromatic N) is 5. The number of amides is 1. The van der Waals surface area contributed by atoms with Crippen LogP contribution in [0.15, 0.2) is 42.6 Å². The van der Waals surface area contributed by atoms with E-state index in [0.717, 1.165) is 26.1 Å². The van der Waals surface area contributed by atoms with Gasteiger partial charge < -0.3 is 25.4 Å². The van der Waals surface area contributed by atoms with E-state index < -0.39 is 17.8 Å². The molecule has 0 saturated carbocycles. The van der Waals surface area contributed by atoms with Gasteiger partial charge in [0.2, 0.25) is 5.91 Å². The summed E-state index contributed by atoms with van der Waals surface area (Å²) in [6, 6.07) is 8.75. The molecule has 1 amide bonds. The predicted octanol–water partition coefficient (Wildman–Crippen LogP) is 3.02. The summed E-state index contributed by atoms with van der Waals surface area (Å²) in [5.41, 5.74) is 7.97. The van der Waals surface area contributed by atoms with Crippen LogP contribution in [0, 0.1) is 5.82 Å². The zero-order chi connectivity index (χ0) is 26.6. The third-order valence-electron chi connectivity index (χ3n) is 6.58. The van der Waals surface area contributed by atoms with E-state index in [-0.39, 0.29) is 23.2 Å². The first kappa shape index (κ1) is 26.2. The number of aromatic nitrogens is 3. The second-order valence-electron chi connectivity index (χ2n) is 9.44. The molecule has 2 saturated heterocycles. The SMILES string of the molecule is CN1CCCN(C(C(N)=O)c2cc(Nc3cc(-c4cc(Cl)ccc4F)nnc3OC3COC3)ccn2)CC1. The summed E-state index contributed by atoms with van der Waals surface area (Å²) in [5.74, 6) is -0.698. The van der Waals surface area contributed by atoms with Gasteiger partial charge in [-0.2, -0.15) is 0 Å².